The number of aromatic nitrogens is 2. The molecule has 0 radical (unpaired) electrons. The van der Waals surface area contributed by atoms with E-state index in [1.54, 1.807) is 6.92 Å². The van der Waals surface area contributed by atoms with E-state index in [-0.39, 0.29) is 12.5 Å². The Morgan fingerprint density at radius 2 is 2.32 bits per heavy atom. The van der Waals surface area contributed by atoms with E-state index in [2.05, 4.69) is 9.97 Å². The summed E-state index contributed by atoms with van der Waals surface area (Å²) in [6, 6.07) is 0. The fraction of sp³-hybridized carbons (Fsp3) is 0.667. The first-order valence-electron chi connectivity index (χ1n) is 6.23. The number of amides is 1. The third kappa shape index (κ3) is 3.71. The molecule has 0 bridgehead atoms. The first-order valence-corrected chi connectivity index (χ1v) is 6.23. The molecule has 1 fully saturated rings. The average Bonchev–Trinajstić information content (AvgIpc) is 2.73. The van der Waals surface area contributed by atoms with Crippen molar-refractivity contribution in [1.29, 1.82) is 0 Å². The van der Waals surface area contributed by atoms with Gasteiger partial charge in [0.25, 0.3) is 5.91 Å². The van der Waals surface area contributed by atoms with E-state index in [0.29, 0.717) is 30.9 Å². The maximum absolute atomic E-state index is 12.4. The summed E-state index contributed by atoms with van der Waals surface area (Å²) in [6.45, 7) is 2.39. The number of nitrogens with one attached hydrogen (secondary N) is 1. The first kappa shape index (κ1) is 13.9. The number of alkyl halides is 3. The summed E-state index contributed by atoms with van der Waals surface area (Å²) in [5.74, 6) is -0.151. The quantitative estimate of drug-likeness (QED) is 0.901. The molecule has 0 aromatic carbocycles. The Labute approximate surface area is 109 Å². The highest BCUT2D eigenvalue weighted by Crippen LogP contribution is 2.30. The Bertz CT molecular complexity index is 455. The molecule has 1 N–H and O–H groups in total. The Kier molecular flexibility index (Phi) is 3.82. The highest BCUT2D eigenvalue weighted by molar-refractivity contribution is 5.92. The summed E-state index contributed by atoms with van der Waals surface area (Å²) in [4.78, 5) is 20.3. The standard InChI is InChI=1S/C12H16F3N3O/c1-8-16-6-10(17-8)11(19)18-4-2-3-9(7-18)5-12(13,14)15/h6,9H,2-5,7H2,1H3,(H,16,17). The Morgan fingerprint density at radius 1 is 1.58 bits per heavy atom. The molecule has 7 heteroatoms. The fourth-order valence-electron chi connectivity index (χ4n) is 2.44. The lowest BCUT2D eigenvalue weighted by Gasteiger charge is -2.32. The fourth-order valence-corrected chi connectivity index (χ4v) is 2.44. The van der Waals surface area contributed by atoms with Crippen LogP contribution in [0.15, 0.2) is 6.20 Å². The number of rotatable bonds is 2. The molecule has 0 spiro atoms. The van der Waals surface area contributed by atoms with Crippen molar-refractivity contribution in [1.82, 2.24) is 14.9 Å². The van der Waals surface area contributed by atoms with E-state index >= 15 is 0 Å². The minimum Gasteiger partial charge on any atom is -0.338 e. The van der Waals surface area contributed by atoms with Gasteiger partial charge >= 0.3 is 6.18 Å². The van der Waals surface area contributed by atoms with Gasteiger partial charge in [0.1, 0.15) is 11.5 Å². The van der Waals surface area contributed by atoms with Crippen molar-refractivity contribution in [2.45, 2.75) is 32.4 Å². The second kappa shape index (κ2) is 5.22. The number of imidazole rings is 1. The molecule has 1 aromatic heterocycles. The predicted octanol–water partition coefficient (Wildman–Crippen LogP) is 2.52. The number of carbonyl (C=O) groups is 1. The number of aryl methyl sites for hydroxylation is 1. The van der Waals surface area contributed by atoms with Gasteiger partial charge in [0.15, 0.2) is 0 Å². The third-order valence-corrected chi connectivity index (χ3v) is 3.26. The molecule has 1 atom stereocenters. The maximum Gasteiger partial charge on any atom is 0.389 e. The molecule has 106 valence electrons. The van der Waals surface area contributed by atoms with Gasteiger partial charge < -0.3 is 9.88 Å². The number of halogens is 3. The van der Waals surface area contributed by atoms with Crippen LogP contribution >= 0.6 is 0 Å². The van der Waals surface area contributed by atoms with Crippen molar-refractivity contribution in [3.05, 3.63) is 17.7 Å². The zero-order chi connectivity index (χ0) is 14.0. The predicted molar refractivity (Wildman–Crippen MR) is 62.6 cm³/mol. The summed E-state index contributed by atoms with van der Waals surface area (Å²) in [6.07, 6.45) is -2.43. The van der Waals surface area contributed by atoms with E-state index in [9.17, 15) is 18.0 Å². The second-order valence-electron chi connectivity index (χ2n) is 4.96. The number of carbonyl (C=O) groups excluding carboxylic acids is 1. The molecule has 1 aliphatic heterocycles. The number of likely N-dealkylation sites (tertiary alicyclic amines) is 1. The average molecular weight is 275 g/mol. The summed E-state index contributed by atoms with van der Waals surface area (Å²) in [7, 11) is 0. The summed E-state index contributed by atoms with van der Waals surface area (Å²) in [5, 5.41) is 0. The topological polar surface area (TPSA) is 49.0 Å². The highest BCUT2D eigenvalue weighted by atomic mass is 19.4. The van der Waals surface area contributed by atoms with Crippen LogP contribution < -0.4 is 0 Å². The number of H-pyrrole nitrogens is 1. The van der Waals surface area contributed by atoms with Gasteiger partial charge in [0, 0.05) is 19.5 Å². The lowest BCUT2D eigenvalue weighted by atomic mass is 9.94. The summed E-state index contributed by atoms with van der Waals surface area (Å²) >= 11 is 0. The molecular formula is C12H16F3N3O. The van der Waals surface area contributed by atoms with Crippen LogP contribution in [0.2, 0.25) is 0 Å². The molecule has 1 saturated heterocycles. The minimum atomic E-state index is -4.17. The minimum absolute atomic E-state index is 0.163. The molecule has 1 aromatic rings. The van der Waals surface area contributed by atoms with Gasteiger partial charge in [0.05, 0.1) is 6.20 Å². The van der Waals surface area contributed by atoms with E-state index in [1.165, 1.54) is 11.1 Å². The smallest absolute Gasteiger partial charge is 0.338 e. The van der Waals surface area contributed by atoms with Gasteiger partial charge in [-0.3, -0.25) is 4.79 Å². The van der Waals surface area contributed by atoms with Crippen molar-refractivity contribution in [3.63, 3.8) is 0 Å². The molecule has 1 aliphatic rings. The van der Waals surface area contributed by atoms with Gasteiger partial charge in [-0.1, -0.05) is 0 Å². The SMILES string of the molecule is Cc1ncc(C(=O)N2CCCC(CC(F)(F)F)C2)[nH]1. The van der Waals surface area contributed by atoms with Gasteiger partial charge in [0.2, 0.25) is 0 Å². The molecule has 0 aliphatic carbocycles. The Morgan fingerprint density at radius 3 is 2.89 bits per heavy atom. The van der Waals surface area contributed by atoms with Crippen molar-refractivity contribution in [2.24, 2.45) is 5.92 Å². The molecule has 2 heterocycles. The van der Waals surface area contributed by atoms with Crippen LogP contribution in [0, 0.1) is 12.8 Å². The van der Waals surface area contributed by atoms with Crippen molar-refractivity contribution < 1.29 is 18.0 Å². The van der Waals surface area contributed by atoms with E-state index in [4.69, 9.17) is 0 Å². The monoisotopic (exact) mass is 275 g/mol. The van der Waals surface area contributed by atoms with Crippen LogP contribution in [0.5, 0.6) is 0 Å². The van der Waals surface area contributed by atoms with Gasteiger partial charge in [-0.2, -0.15) is 13.2 Å². The number of hydrogen-bond donors (Lipinski definition) is 1. The molecule has 1 amide bonds. The molecule has 0 saturated carbocycles. The summed E-state index contributed by atoms with van der Waals surface area (Å²) in [5.41, 5.74) is 0.338. The number of nitrogens with zero attached hydrogens (tertiary/aromatic N) is 2. The highest BCUT2D eigenvalue weighted by Gasteiger charge is 2.35. The van der Waals surface area contributed by atoms with Crippen LogP contribution in [0.4, 0.5) is 13.2 Å². The second-order valence-corrected chi connectivity index (χ2v) is 4.96. The van der Waals surface area contributed by atoms with Gasteiger partial charge in [-0.25, -0.2) is 4.98 Å². The van der Waals surface area contributed by atoms with Crippen LogP contribution in [0.3, 0.4) is 0 Å². The molecule has 19 heavy (non-hydrogen) atoms. The first-order chi connectivity index (χ1) is 8.85. The van der Waals surface area contributed by atoms with Crippen LogP contribution in [0.1, 0.15) is 35.6 Å². The lowest BCUT2D eigenvalue weighted by molar-refractivity contribution is -0.147. The number of piperidine rings is 1. The van der Waals surface area contributed by atoms with Crippen LogP contribution in [-0.2, 0) is 0 Å². The van der Waals surface area contributed by atoms with Gasteiger partial charge in [-0.05, 0) is 25.7 Å². The molecular weight excluding hydrogens is 259 g/mol. The molecule has 2 rings (SSSR count). The number of aromatic amines is 1. The molecule has 4 nitrogen and oxygen atoms in total. The van der Waals surface area contributed by atoms with E-state index in [1.807, 2.05) is 0 Å². The van der Waals surface area contributed by atoms with Crippen molar-refractivity contribution in [3.8, 4) is 0 Å². The van der Waals surface area contributed by atoms with Crippen molar-refractivity contribution >= 4 is 5.91 Å². The Balaban J connectivity index is 1.99. The van der Waals surface area contributed by atoms with E-state index < -0.39 is 18.5 Å². The zero-order valence-corrected chi connectivity index (χ0v) is 10.6. The van der Waals surface area contributed by atoms with Crippen LogP contribution in [-0.4, -0.2) is 40.0 Å². The lowest BCUT2D eigenvalue weighted by Crippen LogP contribution is -2.41. The van der Waals surface area contributed by atoms with Crippen molar-refractivity contribution in [2.75, 3.05) is 13.1 Å². The maximum atomic E-state index is 12.4. The van der Waals surface area contributed by atoms with Crippen LogP contribution in [0.25, 0.3) is 0 Å². The Hall–Kier alpha value is -1.53. The molecule has 1 unspecified atom stereocenters. The summed E-state index contributed by atoms with van der Waals surface area (Å²) < 4.78 is 37.1. The van der Waals surface area contributed by atoms with Gasteiger partial charge in [-0.15, -0.1) is 0 Å². The normalized spacial score (nSPS) is 20.6. The third-order valence-electron chi connectivity index (χ3n) is 3.26. The largest absolute Gasteiger partial charge is 0.389 e. The number of hydrogen-bond acceptors (Lipinski definition) is 2. The van der Waals surface area contributed by atoms with E-state index in [0.717, 1.165) is 0 Å². The zero-order valence-electron chi connectivity index (χ0n) is 10.6.